The van der Waals surface area contributed by atoms with Gasteiger partial charge in [0.2, 0.25) is 0 Å². The highest BCUT2D eigenvalue weighted by Crippen LogP contribution is 2.64. The first-order valence-corrected chi connectivity index (χ1v) is 27.7. The fourth-order valence-corrected chi connectivity index (χ4v) is 19.0. The minimum absolute atomic E-state index is 0.0156. The van der Waals surface area contributed by atoms with Gasteiger partial charge in [0.15, 0.2) is 16.6 Å². The lowest BCUT2D eigenvalue weighted by Crippen LogP contribution is -2.66. The number of hydrogen-bond acceptors (Lipinski definition) is 6. The van der Waals surface area contributed by atoms with Gasteiger partial charge >= 0.3 is 5.97 Å². The van der Waals surface area contributed by atoms with E-state index in [1.54, 1.807) is 0 Å². The fourth-order valence-electron chi connectivity index (χ4n) is 11.1. The van der Waals surface area contributed by atoms with Gasteiger partial charge in [-0.05, 0) is 116 Å². The van der Waals surface area contributed by atoms with Crippen LogP contribution in [0.2, 0.25) is 36.3 Å². The molecule has 5 unspecified atom stereocenters. The van der Waals surface area contributed by atoms with E-state index >= 15 is 4.79 Å². The smallest absolute Gasteiger partial charge is 0.352 e. The number of rotatable bonds is 17. The first-order chi connectivity index (χ1) is 25.4. The van der Waals surface area contributed by atoms with Crippen LogP contribution in [0.25, 0.3) is 0 Å². The number of hydrogen-bond donors (Lipinski definition) is 0. The predicted molar refractivity (Wildman–Crippen MR) is 235 cm³/mol. The van der Waals surface area contributed by atoms with Crippen molar-refractivity contribution in [3.8, 4) is 0 Å². The van der Waals surface area contributed by atoms with Crippen LogP contribution in [0.3, 0.4) is 0 Å². The van der Waals surface area contributed by atoms with Crippen LogP contribution < -0.4 is 0 Å². The van der Waals surface area contributed by atoms with Gasteiger partial charge in [-0.15, -0.1) is 0 Å². The SMILES string of the molecule is CC[Si](CC)(CC)OC1CCC2(C)C(C)CC=C(C(I)[C@]3(C(=O)OOCc4ccccc4)CCC(C)(C)C[C@@]3(C)O[Si](CC)(CC)CC)CC2[C@]1(C)C=O. The topological polar surface area (TPSA) is 71.1 Å². The van der Waals surface area contributed by atoms with Crippen molar-refractivity contribution in [1.82, 2.24) is 0 Å². The van der Waals surface area contributed by atoms with Gasteiger partial charge < -0.3 is 13.6 Å². The Morgan fingerprint density at radius 2 is 1.48 bits per heavy atom. The van der Waals surface area contributed by atoms with Crippen LogP contribution >= 0.6 is 22.6 Å². The van der Waals surface area contributed by atoms with Crippen molar-refractivity contribution < 1.29 is 28.2 Å². The summed E-state index contributed by atoms with van der Waals surface area (Å²) in [6, 6.07) is 16.1. The highest BCUT2D eigenvalue weighted by Gasteiger charge is 2.67. The first kappa shape index (κ1) is 45.8. The number of fused-ring (bicyclic) bond motifs is 1. The van der Waals surface area contributed by atoms with Gasteiger partial charge in [0, 0.05) is 0 Å². The Kier molecular flexibility index (Phi) is 15.2. The molecule has 8 atom stereocenters. The third kappa shape index (κ3) is 8.62. The number of alkyl halides is 1. The zero-order valence-electron chi connectivity index (χ0n) is 36.1. The summed E-state index contributed by atoms with van der Waals surface area (Å²) in [7, 11) is -4.20. The van der Waals surface area contributed by atoms with E-state index < -0.39 is 33.1 Å². The molecule has 306 valence electrons. The predicted octanol–water partition coefficient (Wildman–Crippen LogP) is 12.8. The van der Waals surface area contributed by atoms with E-state index in [1.165, 1.54) is 11.9 Å². The molecule has 6 nitrogen and oxygen atoms in total. The molecule has 1 aromatic rings. The Bertz CT molecular complexity index is 1430. The van der Waals surface area contributed by atoms with E-state index in [9.17, 15) is 4.79 Å². The van der Waals surface area contributed by atoms with Gasteiger partial charge in [0.25, 0.3) is 0 Å². The molecule has 2 fully saturated rings. The fraction of sp³-hybridized carbons (Fsp3) is 0.778. The highest BCUT2D eigenvalue weighted by molar-refractivity contribution is 14.1. The van der Waals surface area contributed by atoms with Crippen LogP contribution in [0, 0.1) is 33.5 Å². The van der Waals surface area contributed by atoms with Crippen LogP contribution in [-0.2, 0) is 34.8 Å². The van der Waals surface area contributed by atoms with E-state index in [0.29, 0.717) is 12.3 Å². The van der Waals surface area contributed by atoms with Crippen molar-refractivity contribution in [2.45, 2.75) is 187 Å². The standard InChI is InChI=1S/C45H75IO6Si2/c1-13-53(14-2,15-3)51-38-26-27-42(10)34(7)24-25-36(30-37(42)43(38,11)33-47)39(46)45(40(48)50-49-31-35-22-20-19-21-23-35)29-28-41(8,9)32-44(45,12)52-54(16-4,17-5)18-6/h19-23,25,33-34,37-39H,13-18,24,26-32H2,1-12H3/t34?,37?,38?,39?,42?,43-,44+,45-/m0/s1. The summed E-state index contributed by atoms with van der Waals surface area (Å²) in [5.41, 5.74) is -0.288. The van der Waals surface area contributed by atoms with Crippen molar-refractivity contribution in [3.05, 3.63) is 47.5 Å². The number of carbonyl (C=O) groups excluding carboxylic acids is 2. The van der Waals surface area contributed by atoms with Crippen molar-refractivity contribution in [3.63, 3.8) is 0 Å². The summed E-state index contributed by atoms with van der Waals surface area (Å²) < 4.78 is 14.8. The lowest BCUT2D eigenvalue weighted by Gasteiger charge is -2.59. The summed E-state index contributed by atoms with van der Waals surface area (Å²) >= 11 is 2.60. The quantitative estimate of drug-likeness (QED) is 0.0295. The zero-order chi connectivity index (χ0) is 40.2. The molecular weight excluding hydrogens is 820 g/mol. The van der Waals surface area contributed by atoms with E-state index in [1.807, 2.05) is 30.3 Å². The molecule has 0 amide bonds. The lowest BCUT2D eigenvalue weighted by atomic mass is 9.50. The Morgan fingerprint density at radius 3 is 2.04 bits per heavy atom. The van der Waals surface area contributed by atoms with Crippen molar-refractivity contribution in [1.29, 1.82) is 0 Å². The Labute approximate surface area is 345 Å². The first-order valence-electron chi connectivity index (χ1n) is 21.4. The van der Waals surface area contributed by atoms with Crippen LogP contribution in [0.5, 0.6) is 0 Å². The van der Waals surface area contributed by atoms with Crippen LogP contribution in [0.15, 0.2) is 42.0 Å². The molecule has 0 aromatic heterocycles. The van der Waals surface area contributed by atoms with Gasteiger partial charge in [0.05, 0.1) is 21.0 Å². The second-order valence-electron chi connectivity index (χ2n) is 18.9. The van der Waals surface area contributed by atoms with E-state index in [-0.39, 0.29) is 39.4 Å². The Balaban J connectivity index is 1.85. The molecule has 1 aromatic carbocycles. The van der Waals surface area contributed by atoms with Crippen LogP contribution in [0.1, 0.15) is 134 Å². The van der Waals surface area contributed by atoms with Crippen molar-refractivity contribution in [2.24, 2.45) is 33.5 Å². The second-order valence-corrected chi connectivity index (χ2v) is 29.6. The number of carbonyl (C=O) groups is 2. The second kappa shape index (κ2) is 18.0. The summed E-state index contributed by atoms with van der Waals surface area (Å²) in [4.78, 5) is 40.8. The molecule has 0 saturated heterocycles. The van der Waals surface area contributed by atoms with E-state index in [0.717, 1.165) is 80.4 Å². The number of allylic oxidation sites excluding steroid dienone is 2. The highest BCUT2D eigenvalue weighted by atomic mass is 127. The average molecular weight is 895 g/mol. The molecule has 3 aliphatic rings. The summed E-state index contributed by atoms with van der Waals surface area (Å²) in [6.07, 6.45) is 9.50. The largest absolute Gasteiger partial charge is 0.413 e. The monoisotopic (exact) mass is 894 g/mol. The van der Waals surface area contributed by atoms with Gasteiger partial charge in [-0.3, -0.25) is 4.89 Å². The third-order valence-electron chi connectivity index (χ3n) is 15.7. The number of aldehydes is 1. The maximum absolute atomic E-state index is 15.2. The molecule has 0 heterocycles. The molecule has 0 aliphatic heterocycles. The van der Waals surface area contributed by atoms with E-state index in [2.05, 4.69) is 112 Å². The zero-order valence-corrected chi connectivity index (χ0v) is 40.2. The van der Waals surface area contributed by atoms with Gasteiger partial charge in [0.1, 0.15) is 18.3 Å². The summed E-state index contributed by atoms with van der Waals surface area (Å²) in [6.45, 7) is 27.7. The molecule has 0 bridgehead atoms. The molecule has 2 saturated carbocycles. The minimum Gasteiger partial charge on any atom is -0.413 e. The maximum Gasteiger partial charge on any atom is 0.352 e. The molecule has 0 spiro atoms. The lowest BCUT2D eigenvalue weighted by molar-refractivity contribution is -0.297. The Hall–Kier alpha value is -0.856. The van der Waals surface area contributed by atoms with Crippen molar-refractivity contribution >= 4 is 51.5 Å². The van der Waals surface area contributed by atoms with Crippen LogP contribution in [-0.4, -0.2) is 44.5 Å². The van der Waals surface area contributed by atoms with Crippen LogP contribution in [0.4, 0.5) is 0 Å². The molecule has 9 heteroatoms. The Morgan fingerprint density at radius 1 is 0.889 bits per heavy atom. The maximum atomic E-state index is 15.2. The molecular formula is C45H75IO6Si2. The molecule has 0 N–H and O–H groups in total. The summed E-state index contributed by atoms with van der Waals surface area (Å²) in [5, 5.41) is 0. The molecule has 54 heavy (non-hydrogen) atoms. The third-order valence-corrected chi connectivity index (χ3v) is 27.0. The van der Waals surface area contributed by atoms with E-state index in [4.69, 9.17) is 18.6 Å². The van der Waals surface area contributed by atoms with Gasteiger partial charge in [-0.1, -0.05) is 141 Å². The van der Waals surface area contributed by atoms with Gasteiger partial charge in [-0.2, -0.15) is 4.89 Å². The molecule has 3 aliphatic carbocycles. The molecule has 4 rings (SSSR count). The van der Waals surface area contributed by atoms with Gasteiger partial charge in [-0.25, -0.2) is 4.79 Å². The normalized spacial score (nSPS) is 33.6. The average Bonchev–Trinajstić information content (AvgIpc) is 3.30. The minimum atomic E-state index is -2.22. The molecule has 0 radical (unpaired) electrons. The number of halogens is 1. The summed E-state index contributed by atoms with van der Waals surface area (Å²) in [5.74, 6) is 0.125. The van der Waals surface area contributed by atoms with Crippen molar-refractivity contribution in [2.75, 3.05) is 0 Å². The number of benzene rings is 1.